The lowest BCUT2D eigenvalue weighted by atomic mass is 9.89. The standard InChI is InChI=1S/C16H21FN2O/c1-9-4-13(18)7-14(15(9)17)16(20)19-8-12-6-10-2-3-11(12)5-10/h4,7,10-12H,2-3,5-6,8,18H2,1H3,(H,19,20). The Balaban J connectivity index is 1.65. The molecule has 108 valence electrons. The highest BCUT2D eigenvalue weighted by atomic mass is 19.1. The van der Waals surface area contributed by atoms with E-state index in [2.05, 4.69) is 5.32 Å². The van der Waals surface area contributed by atoms with Gasteiger partial charge in [-0.25, -0.2) is 4.39 Å². The molecule has 2 saturated carbocycles. The van der Waals surface area contributed by atoms with Crippen molar-refractivity contribution in [2.75, 3.05) is 12.3 Å². The molecule has 3 N–H and O–H groups in total. The van der Waals surface area contributed by atoms with Crippen LogP contribution in [0.15, 0.2) is 12.1 Å². The van der Waals surface area contributed by atoms with Crippen molar-refractivity contribution in [3.8, 4) is 0 Å². The number of nitrogens with one attached hydrogen (secondary N) is 1. The number of hydrogen-bond donors (Lipinski definition) is 2. The highest BCUT2D eigenvalue weighted by molar-refractivity contribution is 5.95. The van der Waals surface area contributed by atoms with E-state index in [1.54, 1.807) is 13.0 Å². The van der Waals surface area contributed by atoms with Gasteiger partial charge in [-0.05, 0) is 61.6 Å². The molecule has 1 aromatic rings. The summed E-state index contributed by atoms with van der Waals surface area (Å²) >= 11 is 0. The predicted molar refractivity (Wildman–Crippen MR) is 76.8 cm³/mol. The van der Waals surface area contributed by atoms with Crippen LogP contribution in [0, 0.1) is 30.5 Å². The van der Waals surface area contributed by atoms with Gasteiger partial charge in [0.25, 0.3) is 5.91 Å². The quantitative estimate of drug-likeness (QED) is 0.834. The van der Waals surface area contributed by atoms with E-state index < -0.39 is 5.82 Å². The number of benzene rings is 1. The van der Waals surface area contributed by atoms with Crippen LogP contribution in [0.3, 0.4) is 0 Å². The van der Waals surface area contributed by atoms with E-state index in [0.29, 0.717) is 23.7 Å². The lowest BCUT2D eigenvalue weighted by Crippen LogP contribution is -2.32. The summed E-state index contributed by atoms with van der Waals surface area (Å²) in [6, 6.07) is 2.96. The zero-order valence-electron chi connectivity index (χ0n) is 11.8. The number of anilines is 1. The number of nitrogen functional groups attached to an aromatic ring is 1. The summed E-state index contributed by atoms with van der Waals surface area (Å²) in [4.78, 5) is 12.1. The first-order chi connectivity index (χ1) is 9.54. The Kier molecular flexibility index (Phi) is 3.40. The number of nitrogens with two attached hydrogens (primary N) is 1. The number of aryl methyl sites for hydroxylation is 1. The van der Waals surface area contributed by atoms with Gasteiger partial charge < -0.3 is 11.1 Å². The largest absolute Gasteiger partial charge is 0.399 e. The van der Waals surface area contributed by atoms with Crippen molar-refractivity contribution >= 4 is 11.6 Å². The van der Waals surface area contributed by atoms with Gasteiger partial charge in [0.05, 0.1) is 5.56 Å². The molecule has 2 bridgehead atoms. The highest BCUT2D eigenvalue weighted by Gasteiger charge is 2.39. The van der Waals surface area contributed by atoms with Crippen molar-refractivity contribution in [1.29, 1.82) is 0 Å². The van der Waals surface area contributed by atoms with Crippen molar-refractivity contribution in [2.24, 2.45) is 17.8 Å². The molecule has 0 radical (unpaired) electrons. The third-order valence-electron chi connectivity index (χ3n) is 4.93. The molecule has 3 rings (SSSR count). The van der Waals surface area contributed by atoms with Crippen molar-refractivity contribution < 1.29 is 9.18 Å². The fraction of sp³-hybridized carbons (Fsp3) is 0.562. The third kappa shape index (κ3) is 2.39. The fourth-order valence-corrected chi connectivity index (χ4v) is 3.91. The molecule has 1 aromatic carbocycles. The lowest BCUT2D eigenvalue weighted by Gasteiger charge is -2.22. The Morgan fingerprint density at radius 1 is 1.40 bits per heavy atom. The smallest absolute Gasteiger partial charge is 0.254 e. The Morgan fingerprint density at radius 3 is 2.85 bits per heavy atom. The molecule has 2 aliphatic carbocycles. The molecule has 1 amide bonds. The van der Waals surface area contributed by atoms with Crippen molar-refractivity contribution in [2.45, 2.75) is 32.6 Å². The molecule has 0 spiro atoms. The maximum Gasteiger partial charge on any atom is 0.254 e. The van der Waals surface area contributed by atoms with Gasteiger partial charge in [0, 0.05) is 12.2 Å². The molecule has 20 heavy (non-hydrogen) atoms. The van der Waals surface area contributed by atoms with Gasteiger partial charge in [-0.3, -0.25) is 4.79 Å². The average molecular weight is 276 g/mol. The fourth-order valence-electron chi connectivity index (χ4n) is 3.91. The molecule has 0 saturated heterocycles. The summed E-state index contributed by atoms with van der Waals surface area (Å²) in [6.07, 6.45) is 5.16. The molecule has 3 atom stereocenters. The molecule has 0 aromatic heterocycles. The zero-order valence-corrected chi connectivity index (χ0v) is 11.8. The van der Waals surface area contributed by atoms with E-state index >= 15 is 0 Å². The second-order valence-electron chi connectivity index (χ2n) is 6.34. The number of carbonyl (C=O) groups excluding carboxylic acids is 1. The summed E-state index contributed by atoms with van der Waals surface area (Å²) in [6.45, 7) is 2.28. The maximum atomic E-state index is 14.0. The second-order valence-corrected chi connectivity index (χ2v) is 6.34. The number of fused-ring (bicyclic) bond motifs is 2. The van der Waals surface area contributed by atoms with Crippen LogP contribution < -0.4 is 11.1 Å². The molecule has 4 heteroatoms. The highest BCUT2D eigenvalue weighted by Crippen LogP contribution is 2.47. The van der Waals surface area contributed by atoms with Crippen LogP contribution >= 0.6 is 0 Å². The summed E-state index contributed by atoms with van der Waals surface area (Å²) < 4.78 is 14.0. The Morgan fingerprint density at radius 2 is 2.20 bits per heavy atom. The van der Waals surface area contributed by atoms with E-state index in [4.69, 9.17) is 5.73 Å². The van der Waals surface area contributed by atoms with Crippen molar-refractivity contribution in [3.63, 3.8) is 0 Å². The van der Waals surface area contributed by atoms with E-state index in [1.165, 1.54) is 31.7 Å². The van der Waals surface area contributed by atoms with Gasteiger partial charge >= 0.3 is 0 Å². The minimum Gasteiger partial charge on any atom is -0.399 e. The molecule has 0 aliphatic heterocycles. The molecular weight excluding hydrogens is 255 g/mol. The number of rotatable bonds is 3. The first-order valence-electron chi connectivity index (χ1n) is 7.38. The van der Waals surface area contributed by atoms with Crippen LogP contribution in [0.25, 0.3) is 0 Å². The van der Waals surface area contributed by atoms with Crippen LogP contribution in [-0.4, -0.2) is 12.5 Å². The van der Waals surface area contributed by atoms with Crippen LogP contribution in [-0.2, 0) is 0 Å². The maximum absolute atomic E-state index is 14.0. The third-order valence-corrected chi connectivity index (χ3v) is 4.93. The van der Waals surface area contributed by atoms with Crippen molar-refractivity contribution in [1.82, 2.24) is 5.32 Å². The summed E-state index contributed by atoms with van der Waals surface area (Å²) in [5.74, 6) is 1.37. The molecule has 0 heterocycles. The van der Waals surface area contributed by atoms with Crippen molar-refractivity contribution in [3.05, 3.63) is 29.1 Å². The van der Waals surface area contributed by atoms with E-state index in [0.717, 1.165) is 11.8 Å². The summed E-state index contributed by atoms with van der Waals surface area (Å²) in [7, 11) is 0. The number of carbonyl (C=O) groups is 1. The van der Waals surface area contributed by atoms with Gasteiger partial charge in [-0.2, -0.15) is 0 Å². The van der Waals surface area contributed by atoms with Crippen LogP contribution in [0.4, 0.5) is 10.1 Å². The second kappa shape index (κ2) is 5.08. The Labute approximate surface area is 118 Å². The predicted octanol–water partition coefficient (Wildman–Crippen LogP) is 2.88. The molecular formula is C16H21FN2O. The minimum absolute atomic E-state index is 0.0608. The number of amides is 1. The van der Waals surface area contributed by atoms with Crippen LogP contribution in [0.2, 0.25) is 0 Å². The molecule has 2 fully saturated rings. The number of hydrogen-bond acceptors (Lipinski definition) is 2. The van der Waals surface area contributed by atoms with E-state index in [9.17, 15) is 9.18 Å². The van der Waals surface area contributed by atoms with E-state index in [-0.39, 0.29) is 11.5 Å². The van der Waals surface area contributed by atoms with Gasteiger partial charge in [0.1, 0.15) is 5.82 Å². The van der Waals surface area contributed by atoms with Gasteiger partial charge in [-0.15, -0.1) is 0 Å². The summed E-state index contributed by atoms with van der Waals surface area (Å²) in [5, 5.41) is 2.89. The Hall–Kier alpha value is -1.58. The molecule has 3 nitrogen and oxygen atoms in total. The van der Waals surface area contributed by atoms with Crippen LogP contribution in [0.1, 0.15) is 41.6 Å². The first kappa shape index (κ1) is 13.4. The lowest BCUT2D eigenvalue weighted by molar-refractivity contribution is 0.0937. The van der Waals surface area contributed by atoms with Gasteiger partial charge in [-0.1, -0.05) is 6.42 Å². The normalized spacial score (nSPS) is 27.8. The topological polar surface area (TPSA) is 55.1 Å². The summed E-state index contributed by atoms with van der Waals surface area (Å²) in [5.41, 5.74) is 6.59. The zero-order chi connectivity index (χ0) is 14.3. The number of halogens is 1. The molecule has 2 aliphatic rings. The molecule has 3 unspecified atom stereocenters. The monoisotopic (exact) mass is 276 g/mol. The minimum atomic E-state index is -0.468. The van der Waals surface area contributed by atoms with Gasteiger partial charge in [0.2, 0.25) is 0 Å². The Bertz CT molecular complexity index is 544. The van der Waals surface area contributed by atoms with Gasteiger partial charge in [0.15, 0.2) is 0 Å². The van der Waals surface area contributed by atoms with E-state index in [1.807, 2.05) is 0 Å². The average Bonchev–Trinajstić information content (AvgIpc) is 3.02. The SMILES string of the molecule is Cc1cc(N)cc(C(=O)NCC2CC3CCC2C3)c1F. The van der Waals surface area contributed by atoms with Crippen LogP contribution in [0.5, 0.6) is 0 Å². The first-order valence-corrected chi connectivity index (χ1v) is 7.38.